The van der Waals surface area contributed by atoms with Gasteiger partial charge in [-0.25, -0.2) is 13.2 Å². The van der Waals surface area contributed by atoms with E-state index in [9.17, 15) is 13.2 Å². The van der Waals surface area contributed by atoms with E-state index in [2.05, 4.69) is 0 Å². The monoisotopic (exact) mass is 189 g/mol. The second-order valence-electron chi connectivity index (χ2n) is 2.77. The number of nitrogens with two attached hydrogens (primary N) is 1. The first kappa shape index (κ1) is 10.1. The van der Waals surface area contributed by atoms with Gasteiger partial charge in [-0.3, -0.25) is 0 Å². The van der Waals surface area contributed by atoms with Crippen molar-refractivity contribution in [1.29, 1.82) is 0 Å². The molecule has 4 heteroatoms. The summed E-state index contributed by atoms with van der Waals surface area (Å²) in [5.74, 6) is -3.71. The first-order valence-corrected chi connectivity index (χ1v) is 3.98. The molecule has 0 aliphatic rings. The third-order valence-corrected chi connectivity index (χ3v) is 1.71. The van der Waals surface area contributed by atoms with Crippen LogP contribution in [-0.2, 0) is 6.42 Å². The highest BCUT2D eigenvalue weighted by molar-refractivity contribution is 5.19. The normalized spacial score (nSPS) is 10.5. The fraction of sp³-hybridized carbons (Fsp3) is 0.333. The third kappa shape index (κ3) is 2.45. The Morgan fingerprint density at radius 2 is 1.62 bits per heavy atom. The van der Waals surface area contributed by atoms with E-state index in [4.69, 9.17) is 5.73 Å². The number of rotatable bonds is 3. The number of benzene rings is 1. The zero-order valence-electron chi connectivity index (χ0n) is 6.99. The van der Waals surface area contributed by atoms with Crippen LogP contribution in [0.4, 0.5) is 13.2 Å². The van der Waals surface area contributed by atoms with E-state index in [-0.39, 0.29) is 0 Å². The van der Waals surface area contributed by atoms with Crippen LogP contribution in [-0.4, -0.2) is 6.54 Å². The molecule has 0 spiro atoms. The summed E-state index contributed by atoms with van der Waals surface area (Å²) in [4.78, 5) is 0. The zero-order valence-corrected chi connectivity index (χ0v) is 6.99. The minimum atomic E-state index is -1.42. The van der Waals surface area contributed by atoms with Crippen molar-refractivity contribution in [2.75, 3.05) is 6.54 Å². The predicted molar refractivity (Wildman–Crippen MR) is 43.7 cm³/mol. The maximum Gasteiger partial charge on any atom is 0.194 e. The van der Waals surface area contributed by atoms with Crippen LogP contribution >= 0.6 is 0 Å². The molecule has 72 valence electrons. The van der Waals surface area contributed by atoms with E-state index >= 15 is 0 Å². The molecule has 1 aromatic rings. The van der Waals surface area contributed by atoms with Crippen molar-refractivity contribution < 1.29 is 13.2 Å². The van der Waals surface area contributed by atoms with Crippen LogP contribution in [0.25, 0.3) is 0 Å². The summed E-state index contributed by atoms with van der Waals surface area (Å²) in [5, 5.41) is 0. The Balaban J connectivity index is 2.86. The average molecular weight is 189 g/mol. The lowest BCUT2D eigenvalue weighted by Crippen LogP contribution is -2.01. The molecule has 1 rings (SSSR count). The van der Waals surface area contributed by atoms with Crippen molar-refractivity contribution in [2.45, 2.75) is 12.8 Å². The summed E-state index contributed by atoms with van der Waals surface area (Å²) >= 11 is 0. The van der Waals surface area contributed by atoms with Crippen LogP contribution in [0.2, 0.25) is 0 Å². The van der Waals surface area contributed by atoms with Gasteiger partial charge in [-0.05, 0) is 37.1 Å². The minimum absolute atomic E-state index is 0.432. The molecule has 2 N–H and O–H groups in total. The van der Waals surface area contributed by atoms with Gasteiger partial charge in [0.2, 0.25) is 0 Å². The highest BCUT2D eigenvalue weighted by Gasteiger charge is 2.09. The van der Waals surface area contributed by atoms with Crippen molar-refractivity contribution in [1.82, 2.24) is 0 Å². The van der Waals surface area contributed by atoms with Crippen molar-refractivity contribution in [3.05, 3.63) is 35.1 Å². The largest absolute Gasteiger partial charge is 0.330 e. The van der Waals surface area contributed by atoms with Gasteiger partial charge in [0.15, 0.2) is 17.5 Å². The van der Waals surface area contributed by atoms with Crippen molar-refractivity contribution in [3.8, 4) is 0 Å². The molecule has 0 aliphatic heterocycles. The lowest BCUT2D eigenvalue weighted by Gasteiger charge is -2.01. The Morgan fingerprint density at radius 3 is 2.08 bits per heavy atom. The van der Waals surface area contributed by atoms with Crippen LogP contribution < -0.4 is 5.73 Å². The molecule has 0 amide bonds. The first-order chi connectivity index (χ1) is 6.15. The van der Waals surface area contributed by atoms with Crippen molar-refractivity contribution in [2.24, 2.45) is 5.73 Å². The Labute approximate surface area is 74.4 Å². The molecule has 0 radical (unpaired) electrons. The molecule has 1 nitrogen and oxygen atoms in total. The smallest absolute Gasteiger partial charge is 0.194 e. The van der Waals surface area contributed by atoms with Crippen LogP contribution in [0.3, 0.4) is 0 Å². The van der Waals surface area contributed by atoms with E-state index in [1.165, 1.54) is 0 Å². The van der Waals surface area contributed by atoms with Crippen LogP contribution in [0.15, 0.2) is 12.1 Å². The molecule has 0 aliphatic carbocycles. The van der Waals surface area contributed by atoms with Gasteiger partial charge in [-0.1, -0.05) is 0 Å². The number of hydrogen-bond donors (Lipinski definition) is 1. The Hall–Kier alpha value is -1.03. The number of halogens is 3. The summed E-state index contributed by atoms with van der Waals surface area (Å²) in [6.45, 7) is 0.445. The topological polar surface area (TPSA) is 26.0 Å². The molecule has 1 aromatic carbocycles. The Bertz CT molecular complexity index is 276. The second-order valence-corrected chi connectivity index (χ2v) is 2.77. The highest BCUT2D eigenvalue weighted by atomic mass is 19.2. The summed E-state index contributed by atoms with van der Waals surface area (Å²) in [5.41, 5.74) is 5.65. The van der Waals surface area contributed by atoms with Gasteiger partial charge in [0.1, 0.15) is 0 Å². The lowest BCUT2D eigenvalue weighted by atomic mass is 10.1. The van der Waals surface area contributed by atoms with Crippen molar-refractivity contribution in [3.63, 3.8) is 0 Å². The molecular weight excluding hydrogens is 179 g/mol. The molecular formula is C9H10F3N. The minimum Gasteiger partial charge on any atom is -0.330 e. The molecule has 13 heavy (non-hydrogen) atoms. The fourth-order valence-corrected chi connectivity index (χ4v) is 1.06. The summed E-state index contributed by atoms with van der Waals surface area (Å²) in [6, 6.07) is 1.99. The zero-order chi connectivity index (χ0) is 9.84. The van der Waals surface area contributed by atoms with Crippen LogP contribution in [0.5, 0.6) is 0 Å². The third-order valence-electron chi connectivity index (χ3n) is 1.71. The van der Waals surface area contributed by atoms with E-state index in [1.807, 2.05) is 0 Å². The molecule has 0 bridgehead atoms. The lowest BCUT2D eigenvalue weighted by molar-refractivity contribution is 0.445. The highest BCUT2D eigenvalue weighted by Crippen LogP contribution is 2.14. The predicted octanol–water partition coefficient (Wildman–Crippen LogP) is 2.00. The Kier molecular flexibility index (Phi) is 3.31. The van der Waals surface area contributed by atoms with Gasteiger partial charge in [0.25, 0.3) is 0 Å². The maximum atomic E-state index is 12.6. The molecule has 0 saturated heterocycles. The van der Waals surface area contributed by atoms with Gasteiger partial charge in [0, 0.05) is 0 Å². The molecule has 0 heterocycles. The van der Waals surface area contributed by atoms with E-state index < -0.39 is 17.5 Å². The van der Waals surface area contributed by atoms with Crippen LogP contribution in [0.1, 0.15) is 12.0 Å². The number of aryl methyl sites for hydroxylation is 1. The molecule has 0 fully saturated rings. The molecule has 0 aromatic heterocycles. The van der Waals surface area contributed by atoms with Crippen LogP contribution in [0, 0.1) is 17.5 Å². The van der Waals surface area contributed by atoms with Gasteiger partial charge in [-0.15, -0.1) is 0 Å². The standard InChI is InChI=1S/C9H10F3N/c10-7-4-6(2-1-3-13)5-8(11)9(7)12/h4-5H,1-3,13H2. The van der Waals surface area contributed by atoms with E-state index in [1.54, 1.807) is 0 Å². The molecule has 0 atom stereocenters. The summed E-state index contributed by atoms with van der Waals surface area (Å²) < 4.78 is 37.7. The molecule has 0 unspecified atom stereocenters. The SMILES string of the molecule is NCCCc1cc(F)c(F)c(F)c1. The first-order valence-electron chi connectivity index (χ1n) is 3.98. The average Bonchev–Trinajstić information content (AvgIpc) is 2.10. The number of hydrogen-bond acceptors (Lipinski definition) is 1. The fourth-order valence-electron chi connectivity index (χ4n) is 1.06. The van der Waals surface area contributed by atoms with E-state index in [0.29, 0.717) is 24.9 Å². The quantitative estimate of drug-likeness (QED) is 0.723. The molecule has 0 saturated carbocycles. The van der Waals surface area contributed by atoms with Gasteiger partial charge < -0.3 is 5.73 Å². The van der Waals surface area contributed by atoms with Gasteiger partial charge >= 0.3 is 0 Å². The van der Waals surface area contributed by atoms with Crippen molar-refractivity contribution >= 4 is 0 Å². The summed E-state index contributed by atoms with van der Waals surface area (Å²) in [6.07, 6.45) is 1.09. The maximum absolute atomic E-state index is 12.6. The Morgan fingerprint density at radius 1 is 1.08 bits per heavy atom. The van der Waals surface area contributed by atoms with E-state index in [0.717, 1.165) is 12.1 Å². The van der Waals surface area contributed by atoms with Gasteiger partial charge in [0.05, 0.1) is 0 Å². The summed E-state index contributed by atoms with van der Waals surface area (Å²) in [7, 11) is 0. The second kappa shape index (κ2) is 4.28. The van der Waals surface area contributed by atoms with Gasteiger partial charge in [-0.2, -0.15) is 0 Å².